The van der Waals surface area contributed by atoms with Crippen molar-refractivity contribution >= 4 is 44.2 Å². The van der Waals surface area contributed by atoms with Crippen LogP contribution in [0.25, 0.3) is 0 Å². The molecule has 2 aromatic rings. The van der Waals surface area contributed by atoms with Crippen molar-refractivity contribution in [3.8, 4) is 0 Å². The highest BCUT2D eigenvalue weighted by Crippen LogP contribution is 2.15. The summed E-state index contributed by atoms with van der Waals surface area (Å²) in [6.07, 6.45) is 1.03. The van der Waals surface area contributed by atoms with Crippen molar-refractivity contribution in [2.75, 3.05) is 5.32 Å². The van der Waals surface area contributed by atoms with E-state index in [4.69, 9.17) is 0 Å². The smallest absolute Gasteiger partial charge is 0.0343 e. The summed E-state index contributed by atoms with van der Waals surface area (Å²) in [5, 5.41) is 3.52. The molecule has 3 heteroatoms. The number of halogens is 2. The number of benzene rings is 2. The minimum Gasteiger partial charge on any atom is -0.382 e. The van der Waals surface area contributed by atoms with Gasteiger partial charge in [0.1, 0.15) is 0 Å². The second-order valence-corrected chi connectivity index (χ2v) is 6.54. The third-order valence-electron chi connectivity index (χ3n) is 2.71. The predicted molar refractivity (Wildman–Crippen MR) is 90.1 cm³/mol. The molecule has 0 heterocycles. The van der Waals surface area contributed by atoms with Crippen molar-refractivity contribution < 1.29 is 0 Å². The number of anilines is 1. The average Bonchev–Trinajstić information content (AvgIpc) is 2.35. The van der Waals surface area contributed by atoms with E-state index in [0.717, 1.165) is 10.9 Å². The molecule has 0 aliphatic carbocycles. The number of rotatable bonds is 4. The summed E-state index contributed by atoms with van der Waals surface area (Å²) in [4.78, 5) is 0. The van der Waals surface area contributed by atoms with Crippen LogP contribution in [0.15, 0.2) is 53.0 Å². The van der Waals surface area contributed by atoms with E-state index >= 15 is 0 Å². The number of nitrogens with one attached hydrogen (secondary N) is 1. The Bertz CT molecular complexity index is 445. The summed E-state index contributed by atoms with van der Waals surface area (Å²) < 4.78 is 2.39. The van der Waals surface area contributed by atoms with Crippen LogP contribution in [0.2, 0.25) is 0 Å². The Labute approximate surface area is 130 Å². The fourth-order valence-electron chi connectivity index (χ4n) is 1.86. The summed E-state index contributed by atoms with van der Waals surface area (Å²) >= 11 is 5.78. The first-order valence-electron chi connectivity index (χ1n) is 5.90. The molecule has 0 saturated heterocycles. The maximum Gasteiger partial charge on any atom is 0.0343 e. The molecule has 0 fully saturated rings. The van der Waals surface area contributed by atoms with Gasteiger partial charge in [-0.1, -0.05) is 28.1 Å². The summed E-state index contributed by atoms with van der Waals surface area (Å²) in [5.41, 5.74) is 2.53. The highest BCUT2D eigenvalue weighted by atomic mass is 127. The zero-order valence-corrected chi connectivity index (χ0v) is 13.9. The molecule has 0 aromatic heterocycles. The summed E-state index contributed by atoms with van der Waals surface area (Å²) in [5.74, 6) is 0. The third kappa shape index (κ3) is 4.28. The molecule has 1 unspecified atom stereocenters. The first kappa shape index (κ1) is 13.9. The molecule has 2 aromatic carbocycles. The monoisotopic (exact) mass is 415 g/mol. The van der Waals surface area contributed by atoms with Crippen LogP contribution in [-0.2, 0) is 6.42 Å². The fraction of sp³-hybridized carbons (Fsp3) is 0.200. The fourth-order valence-corrected chi connectivity index (χ4v) is 2.48. The molecule has 1 nitrogen and oxygen atoms in total. The molecule has 18 heavy (non-hydrogen) atoms. The Balaban J connectivity index is 1.94. The molecule has 0 bridgehead atoms. The summed E-state index contributed by atoms with van der Waals surface area (Å²) in [6.45, 7) is 2.21. The van der Waals surface area contributed by atoms with Crippen LogP contribution in [0.3, 0.4) is 0 Å². The first-order valence-corrected chi connectivity index (χ1v) is 7.77. The van der Waals surface area contributed by atoms with Crippen molar-refractivity contribution in [3.63, 3.8) is 0 Å². The molecule has 1 atom stereocenters. The van der Waals surface area contributed by atoms with Crippen molar-refractivity contribution in [3.05, 3.63) is 62.1 Å². The highest BCUT2D eigenvalue weighted by molar-refractivity contribution is 14.1. The second-order valence-electron chi connectivity index (χ2n) is 4.38. The Morgan fingerprint density at radius 3 is 2.28 bits per heavy atom. The van der Waals surface area contributed by atoms with E-state index in [-0.39, 0.29) is 0 Å². The van der Waals surface area contributed by atoms with E-state index < -0.39 is 0 Å². The average molecular weight is 416 g/mol. The largest absolute Gasteiger partial charge is 0.382 e. The maximum absolute atomic E-state index is 3.52. The van der Waals surface area contributed by atoms with Crippen LogP contribution in [0.4, 0.5) is 5.69 Å². The van der Waals surface area contributed by atoms with Gasteiger partial charge in [-0.25, -0.2) is 0 Å². The van der Waals surface area contributed by atoms with Gasteiger partial charge < -0.3 is 5.32 Å². The lowest BCUT2D eigenvalue weighted by Gasteiger charge is -2.15. The van der Waals surface area contributed by atoms with Gasteiger partial charge >= 0.3 is 0 Å². The Hall–Kier alpha value is -0.550. The van der Waals surface area contributed by atoms with Crippen LogP contribution in [0.5, 0.6) is 0 Å². The Kier molecular flexibility index (Phi) is 5.06. The topological polar surface area (TPSA) is 12.0 Å². The van der Waals surface area contributed by atoms with Crippen molar-refractivity contribution in [2.24, 2.45) is 0 Å². The van der Waals surface area contributed by atoms with Gasteiger partial charge in [-0.15, -0.1) is 0 Å². The predicted octanol–water partition coefficient (Wildman–Crippen LogP) is 5.10. The van der Waals surface area contributed by atoms with Crippen molar-refractivity contribution in [1.29, 1.82) is 0 Å². The zero-order valence-electron chi connectivity index (χ0n) is 10.2. The standard InChI is InChI=1S/C15H15BrIN/c1-11(10-12-2-4-13(16)5-3-12)18-15-8-6-14(17)7-9-15/h2-9,11,18H,10H2,1H3. The van der Waals surface area contributed by atoms with Crippen LogP contribution in [0.1, 0.15) is 12.5 Å². The molecular weight excluding hydrogens is 401 g/mol. The molecule has 0 aliphatic rings. The molecule has 0 saturated carbocycles. The minimum absolute atomic E-state index is 0.422. The molecular formula is C15H15BrIN. The molecule has 0 spiro atoms. The van der Waals surface area contributed by atoms with Gasteiger partial charge in [0.15, 0.2) is 0 Å². The first-order chi connectivity index (χ1) is 8.63. The van der Waals surface area contributed by atoms with E-state index in [0.29, 0.717) is 6.04 Å². The quantitative estimate of drug-likeness (QED) is 0.685. The lowest BCUT2D eigenvalue weighted by atomic mass is 10.1. The Morgan fingerprint density at radius 1 is 1.06 bits per heavy atom. The minimum atomic E-state index is 0.422. The lowest BCUT2D eigenvalue weighted by Crippen LogP contribution is -2.17. The van der Waals surface area contributed by atoms with E-state index in [9.17, 15) is 0 Å². The molecule has 0 aliphatic heterocycles. The molecule has 0 amide bonds. The van der Waals surface area contributed by atoms with Crippen LogP contribution in [-0.4, -0.2) is 6.04 Å². The normalized spacial score (nSPS) is 12.2. The SMILES string of the molecule is CC(Cc1ccc(Br)cc1)Nc1ccc(I)cc1. The van der Waals surface area contributed by atoms with E-state index in [2.05, 4.69) is 99.3 Å². The van der Waals surface area contributed by atoms with Gasteiger partial charge in [0.25, 0.3) is 0 Å². The van der Waals surface area contributed by atoms with Gasteiger partial charge in [-0.3, -0.25) is 0 Å². The molecule has 0 radical (unpaired) electrons. The van der Waals surface area contributed by atoms with Gasteiger partial charge in [-0.2, -0.15) is 0 Å². The van der Waals surface area contributed by atoms with Crippen molar-refractivity contribution in [1.82, 2.24) is 0 Å². The highest BCUT2D eigenvalue weighted by Gasteiger charge is 2.03. The van der Waals surface area contributed by atoms with E-state index in [1.54, 1.807) is 0 Å². The van der Waals surface area contributed by atoms with Gasteiger partial charge in [0.05, 0.1) is 0 Å². The third-order valence-corrected chi connectivity index (χ3v) is 3.96. The second kappa shape index (κ2) is 6.57. The van der Waals surface area contributed by atoms with Gasteiger partial charge in [-0.05, 0) is 77.9 Å². The van der Waals surface area contributed by atoms with Crippen molar-refractivity contribution in [2.45, 2.75) is 19.4 Å². The summed E-state index contributed by atoms with van der Waals surface area (Å²) in [7, 11) is 0. The van der Waals surface area contributed by atoms with Crippen LogP contribution in [0, 0.1) is 3.57 Å². The summed E-state index contributed by atoms with van der Waals surface area (Å²) in [6, 6.07) is 17.4. The van der Waals surface area contributed by atoms with E-state index in [1.807, 2.05) is 0 Å². The molecule has 94 valence electrons. The maximum atomic E-state index is 3.52. The number of hydrogen-bond acceptors (Lipinski definition) is 1. The van der Waals surface area contributed by atoms with Gasteiger partial charge in [0.2, 0.25) is 0 Å². The van der Waals surface area contributed by atoms with Crippen LogP contribution >= 0.6 is 38.5 Å². The zero-order chi connectivity index (χ0) is 13.0. The van der Waals surface area contributed by atoms with E-state index in [1.165, 1.54) is 14.8 Å². The van der Waals surface area contributed by atoms with Crippen LogP contribution < -0.4 is 5.32 Å². The lowest BCUT2D eigenvalue weighted by molar-refractivity contribution is 0.790. The number of hydrogen-bond donors (Lipinski definition) is 1. The molecule has 1 N–H and O–H groups in total. The molecule has 2 rings (SSSR count). The Morgan fingerprint density at radius 2 is 1.67 bits per heavy atom. The van der Waals surface area contributed by atoms with Gasteiger partial charge in [0, 0.05) is 19.8 Å².